The van der Waals surface area contributed by atoms with Crippen molar-refractivity contribution in [2.45, 2.75) is 0 Å². The van der Waals surface area contributed by atoms with Crippen molar-refractivity contribution in [2.24, 2.45) is 0 Å². The third-order valence-electron chi connectivity index (χ3n) is 1.50. The van der Waals surface area contributed by atoms with Crippen molar-refractivity contribution in [3.05, 3.63) is 36.5 Å². The second-order valence-corrected chi connectivity index (χ2v) is 2.33. The second kappa shape index (κ2) is 3.03. The molecule has 2 aromatic rings. The lowest BCUT2D eigenvalue weighted by atomic mass is 10.4. The Kier molecular flexibility index (Phi) is 1.73. The molecule has 0 aliphatic heterocycles. The van der Waals surface area contributed by atoms with Gasteiger partial charge < -0.3 is 0 Å². The first-order valence-electron chi connectivity index (χ1n) is 3.62. The normalized spacial score (nSPS) is 9.46. The Morgan fingerprint density at radius 1 is 1.38 bits per heavy atom. The SMILES string of the molecule is N#Cc1cccc(-n2cncn2)n1. The number of aromatic nitrogens is 4. The van der Waals surface area contributed by atoms with Crippen LogP contribution in [0.25, 0.3) is 5.82 Å². The summed E-state index contributed by atoms with van der Waals surface area (Å²) < 4.78 is 1.50. The lowest BCUT2D eigenvalue weighted by Gasteiger charge is -1.97. The van der Waals surface area contributed by atoms with Crippen molar-refractivity contribution >= 4 is 0 Å². The van der Waals surface area contributed by atoms with Gasteiger partial charge in [0.2, 0.25) is 0 Å². The van der Waals surface area contributed by atoms with Gasteiger partial charge in [-0.25, -0.2) is 14.6 Å². The van der Waals surface area contributed by atoms with Crippen LogP contribution < -0.4 is 0 Å². The van der Waals surface area contributed by atoms with Gasteiger partial charge in [-0.1, -0.05) is 6.07 Å². The van der Waals surface area contributed by atoms with Crippen LogP contribution in [-0.2, 0) is 0 Å². The molecule has 0 radical (unpaired) electrons. The zero-order valence-corrected chi connectivity index (χ0v) is 6.62. The van der Waals surface area contributed by atoms with Gasteiger partial charge in [-0.3, -0.25) is 0 Å². The predicted octanol–water partition coefficient (Wildman–Crippen LogP) is 0.534. The summed E-state index contributed by atoms with van der Waals surface area (Å²) in [5.74, 6) is 0.594. The standard InChI is InChI=1S/C8H5N5/c9-4-7-2-1-3-8(12-7)13-6-10-5-11-13/h1-3,5-6H. The lowest BCUT2D eigenvalue weighted by Crippen LogP contribution is -1.98. The van der Waals surface area contributed by atoms with E-state index in [0.717, 1.165) is 0 Å². The number of pyridine rings is 1. The van der Waals surface area contributed by atoms with E-state index in [1.54, 1.807) is 18.2 Å². The van der Waals surface area contributed by atoms with E-state index in [9.17, 15) is 0 Å². The average molecular weight is 171 g/mol. The van der Waals surface area contributed by atoms with Crippen LogP contribution in [0.2, 0.25) is 0 Å². The zero-order chi connectivity index (χ0) is 9.10. The van der Waals surface area contributed by atoms with Crippen molar-refractivity contribution < 1.29 is 0 Å². The smallest absolute Gasteiger partial charge is 0.156 e. The highest BCUT2D eigenvalue weighted by Gasteiger charge is 1.98. The molecule has 0 unspecified atom stereocenters. The molecule has 0 aromatic carbocycles. The first kappa shape index (κ1) is 7.43. The van der Waals surface area contributed by atoms with Gasteiger partial charge in [0.05, 0.1) is 0 Å². The van der Waals surface area contributed by atoms with Crippen molar-refractivity contribution in [1.82, 2.24) is 19.7 Å². The Bertz CT molecular complexity index is 440. The molecule has 0 amide bonds. The lowest BCUT2D eigenvalue weighted by molar-refractivity contribution is 0.843. The van der Waals surface area contributed by atoms with Crippen molar-refractivity contribution in [3.63, 3.8) is 0 Å². The second-order valence-electron chi connectivity index (χ2n) is 2.33. The van der Waals surface area contributed by atoms with E-state index < -0.39 is 0 Å². The fraction of sp³-hybridized carbons (Fsp3) is 0. The molecule has 2 heterocycles. The summed E-state index contributed by atoms with van der Waals surface area (Å²) >= 11 is 0. The van der Waals surface area contributed by atoms with Gasteiger partial charge in [-0.05, 0) is 12.1 Å². The molecule has 0 bridgehead atoms. The topological polar surface area (TPSA) is 67.4 Å². The Hall–Kier alpha value is -2.22. The third kappa shape index (κ3) is 1.37. The van der Waals surface area contributed by atoms with E-state index in [1.807, 2.05) is 6.07 Å². The summed E-state index contributed by atoms with van der Waals surface area (Å²) in [5.41, 5.74) is 0.369. The molecule has 2 rings (SSSR count). The molecular formula is C8H5N5. The Morgan fingerprint density at radius 3 is 3.00 bits per heavy atom. The maximum absolute atomic E-state index is 8.60. The predicted molar refractivity (Wildman–Crippen MR) is 43.9 cm³/mol. The number of nitrogens with zero attached hydrogens (tertiary/aromatic N) is 5. The van der Waals surface area contributed by atoms with Gasteiger partial charge in [-0.15, -0.1) is 0 Å². The van der Waals surface area contributed by atoms with Crippen molar-refractivity contribution in [1.29, 1.82) is 5.26 Å². The van der Waals surface area contributed by atoms with E-state index in [4.69, 9.17) is 5.26 Å². The van der Waals surface area contributed by atoms with Gasteiger partial charge in [0.15, 0.2) is 5.82 Å². The first-order valence-corrected chi connectivity index (χ1v) is 3.62. The third-order valence-corrected chi connectivity index (χ3v) is 1.50. The molecule has 0 saturated carbocycles. The summed E-state index contributed by atoms with van der Waals surface area (Å²) in [5, 5.41) is 12.5. The minimum atomic E-state index is 0.369. The van der Waals surface area contributed by atoms with E-state index in [1.165, 1.54) is 17.3 Å². The minimum Gasteiger partial charge on any atom is -0.223 e. The fourth-order valence-electron chi connectivity index (χ4n) is 0.940. The van der Waals surface area contributed by atoms with Crippen LogP contribution in [0, 0.1) is 11.3 Å². The maximum Gasteiger partial charge on any atom is 0.156 e. The molecule has 5 heteroatoms. The molecule has 2 aromatic heterocycles. The summed E-state index contributed by atoms with van der Waals surface area (Å²) in [6.45, 7) is 0. The quantitative estimate of drug-likeness (QED) is 0.627. The largest absolute Gasteiger partial charge is 0.223 e. The number of hydrogen-bond acceptors (Lipinski definition) is 4. The highest BCUT2D eigenvalue weighted by atomic mass is 15.3. The molecule has 0 atom stereocenters. The summed E-state index contributed by atoms with van der Waals surface area (Å²) in [4.78, 5) is 7.82. The van der Waals surface area contributed by atoms with Gasteiger partial charge in [0, 0.05) is 0 Å². The molecule has 0 spiro atoms. The van der Waals surface area contributed by atoms with Gasteiger partial charge in [0.25, 0.3) is 0 Å². The van der Waals surface area contributed by atoms with Crippen molar-refractivity contribution in [3.8, 4) is 11.9 Å². The van der Waals surface area contributed by atoms with E-state index in [-0.39, 0.29) is 0 Å². The van der Waals surface area contributed by atoms with Crippen LogP contribution >= 0.6 is 0 Å². The molecule has 0 saturated heterocycles. The molecule has 13 heavy (non-hydrogen) atoms. The monoisotopic (exact) mass is 171 g/mol. The Morgan fingerprint density at radius 2 is 2.31 bits per heavy atom. The van der Waals surface area contributed by atoms with Gasteiger partial charge in [-0.2, -0.15) is 10.4 Å². The molecule has 62 valence electrons. The maximum atomic E-state index is 8.60. The molecular weight excluding hydrogens is 166 g/mol. The van der Waals surface area contributed by atoms with E-state index in [2.05, 4.69) is 15.1 Å². The van der Waals surface area contributed by atoms with Crippen LogP contribution in [0.1, 0.15) is 5.69 Å². The van der Waals surface area contributed by atoms with Crippen LogP contribution in [0.4, 0.5) is 0 Å². The average Bonchev–Trinajstić information content (AvgIpc) is 2.71. The first-order chi connectivity index (χ1) is 6.40. The number of hydrogen-bond donors (Lipinski definition) is 0. The highest BCUT2D eigenvalue weighted by Crippen LogP contribution is 2.01. The highest BCUT2D eigenvalue weighted by molar-refractivity contribution is 5.28. The van der Waals surface area contributed by atoms with Gasteiger partial charge >= 0.3 is 0 Å². The summed E-state index contributed by atoms with van der Waals surface area (Å²) in [6.07, 6.45) is 2.95. The molecule has 0 fully saturated rings. The van der Waals surface area contributed by atoms with Crippen molar-refractivity contribution in [2.75, 3.05) is 0 Å². The minimum absolute atomic E-state index is 0.369. The van der Waals surface area contributed by atoms with E-state index in [0.29, 0.717) is 11.5 Å². The molecule has 0 aliphatic rings. The van der Waals surface area contributed by atoms with Crippen LogP contribution in [0.3, 0.4) is 0 Å². The molecule has 0 N–H and O–H groups in total. The molecule has 5 nitrogen and oxygen atoms in total. The van der Waals surface area contributed by atoms with Gasteiger partial charge in [0.1, 0.15) is 24.4 Å². The zero-order valence-electron chi connectivity index (χ0n) is 6.62. The summed E-state index contributed by atoms with van der Waals surface area (Å²) in [6, 6.07) is 7.11. The number of rotatable bonds is 1. The molecule has 0 aliphatic carbocycles. The van der Waals surface area contributed by atoms with Crippen LogP contribution in [0.5, 0.6) is 0 Å². The number of nitriles is 1. The van der Waals surface area contributed by atoms with Crippen LogP contribution in [-0.4, -0.2) is 19.7 Å². The van der Waals surface area contributed by atoms with E-state index >= 15 is 0 Å². The fourth-order valence-corrected chi connectivity index (χ4v) is 0.940. The Labute approximate surface area is 74.3 Å². The summed E-state index contributed by atoms with van der Waals surface area (Å²) in [7, 11) is 0. The Balaban J connectivity index is 2.49. The van der Waals surface area contributed by atoms with Crippen LogP contribution in [0.15, 0.2) is 30.9 Å².